The number of hydrogen-bond acceptors (Lipinski definition) is 3. The van der Waals surface area contributed by atoms with E-state index in [1.54, 1.807) is 0 Å². The van der Waals surface area contributed by atoms with Gasteiger partial charge in [0.1, 0.15) is 0 Å². The predicted molar refractivity (Wildman–Crippen MR) is 134 cm³/mol. The quantitative estimate of drug-likeness (QED) is 0.380. The van der Waals surface area contributed by atoms with Gasteiger partial charge in [0.05, 0.1) is 25.9 Å². The third-order valence-electron chi connectivity index (χ3n) is 9.01. The molecule has 0 aromatic carbocycles. The van der Waals surface area contributed by atoms with Crippen LogP contribution < -0.4 is 0 Å². The van der Waals surface area contributed by atoms with Gasteiger partial charge in [-0.1, -0.05) is 78.1 Å². The largest absolute Gasteiger partial charge is 0.381 e. The van der Waals surface area contributed by atoms with Crippen molar-refractivity contribution in [3.63, 3.8) is 0 Å². The Balaban J connectivity index is 1.38. The molecule has 2 aliphatic carbocycles. The summed E-state index contributed by atoms with van der Waals surface area (Å²) in [4.78, 5) is 15.2. The van der Waals surface area contributed by atoms with Gasteiger partial charge in [-0.15, -0.1) is 0 Å². The van der Waals surface area contributed by atoms with Crippen molar-refractivity contribution in [3.8, 4) is 0 Å². The number of H-pyrrole nitrogens is 2. The molecule has 0 aliphatic heterocycles. The minimum Gasteiger partial charge on any atom is -0.381 e. The first-order valence-corrected chi connectivity index (χ1v) is 13.7. The second-order valence-electron chi connectivity index (χ2n) is 11.1. The lowest BCUT2D eigenvalue weighted by molar-refractivity contribution is 0.0190. The van der Waals surface area contributed by atoms with Crippen LogP contribution in [0.1, 0.15) is 89.4 Å². The number of aromatic nitrogens is 4. The van der Waals surface area contributed by atoms with Crippen LogP contribution >= 0.6 is 0 Å². The van der Waals surface area contributed by atoms with Gasteiger partial charge in [0, 0.05) is 23.8 Å². The second kappa shape index (κ2) is 12.7. The van der Waals surface area contributed by atoms with Crippen LogP contribution in [0.25, 0.3) is 0 Å². The van der Waals surface area contributed by atoms with Crippen molar-refractivity contribution in [2.75, 3.05) is 13.2 Å². The predicted octanol–water partition coefficient (Wildman–Crippen LogP) is 6.60. The maximum atomic E-state index is 6.61. The van der Waals surface area contributed by atoms with Crippen molar-refractivity contribution in [1.82, 2.24) is 19.9 Å². The van der Waals surface area contributed by atoms with E-state index < -0.39 is 0 Å². The summed E-state index contributed by atoms with van der Waals surface area (Å²) in [7, 11) is 0. The van der Waals surface area contributed by atoms with Crippen molar-refractivity contribution < 1.29 is 4.74 Å². The van der Waals surface area contributed by atoms with E-state index in [1.165, 1.54) is 75.6 Å². The van der Waals surface area contributed by atoms with Gasteiger partial charge in [0.15, 0.2) is 0 Å². The van der Waals surface area contributed by atoms with E-state index in [1.807, 2.05) is 25.0 Å². The van der Waals surface area contributed by atoms with Gasteiger partial charge in [-0.25, -0.2) is 9.97 Å². The summed E-state index contributed by atoms with van der Waals surface area (Å²) in [6.45, 7) is 6.67. The fourth-order valence-corrected chi connectivity index (χ4v) is 6.61. The molecule has 5 heteroatoms. The Labute approximate surface area is 200 Å². The minimum absolute atomic E-state index is 0.548. The third-order valence-corrected chi connectivity index (χ3v) is 9.01. The van der Waals surface area contributed by atoms with E-state index in [2.05, 4.69) is 33.8 Å². The molecule has 2 aliphatic rings. The van der Waals surface area contributed by atoms with Crippen molar-refractivity contribution in [3.05, 3.63) is 36.4 Å². The molecule has 0 amide bonds. The zero-order valence-corrected chi connectivity index (χ0v) is 21.0. The monoisotopic (exact) mass is 454 g/mol. The number of nitrogens with zero attached hydrogens (tertiary/aromatic N) is 2. The highest BCUT2D eigenvalue weighted by Gasteiger charge is 2.30. The summed E-state index contributed by atoms with van der Waals surface area (Å²) >= 11 is 0. The molecule has 33 heavy (non-hydrogen) atoms. The molecule has 2 aromatic heterocycles. The summed E-state index contributed by atoms with van der Waals surface area (Å²) in [5.41, 5.74) is 2.49. The number of rotatable bonds is 12. The normalized spacial score (nSPS) is 22.1. The van der Waals surface area contributed by atoms with Crippen LogP contribution in [0.2, 0.25) is 0 Å². The molecule has 4 unspecified atom stereocenters. The van der Waals surface area contributed by atoms with Gasteiger partial charge in [0.25, 0.3) is 0 Å². The van der Waals surface area contributed by atoms with Gasteiger partial charge >= 0.3 is 0 Å². The van der Waals surface area contributed by atoms with Gasteiger partial charge in [-0.05, 0) is 48.3 Å². The zero-order chi connectivity index (χ0) is 22.9. The molecule has 2 N–H and O–H groups in total. The Hall–Kier alpha value is -1.62. The molecule has 5 nitrogen and oxygen atoms in total. The van der Waals surface area contributed by atoms with E-state index >= 15 is 0 Å². The average molecular weight is 455 g/mol. The lowest BCUT2D eigenvalue weighted by Gasteiger charge is -2.35. The lowest BCUT2D eigenvalue weighted by Crippen LogP contribution is -2.31. The topological polar surface area (TPSA) is 66.6 Å². The van der Waals surface area contributed by atoms with Crippen LogP contribution in [-0.4, -0.2) is 33.1 Å². The van der Waals surface area contributed by atoms with Crippen LogP contribution in [0.15, 0.2) is 25.0 Å². The van der Waals surface area contributed by atoms with Crippen LogP contribution in [0.3, 0.4) is 0 Å². The maximum absolute atomic E-state index is 6.61. The van der Waals surface area contributed by atoms with E-state index in [-0.39, 0.29) is 0 Å². The molecule has 4 rings (SSSR count). The van der Waals surface area contributed by atoms with Crippen molar-refractivity contribution in [2.24, 2.45) is 35.5 Å². The Kier molecular flexibility index (Phi) is 9.46. The first-order chi connectivity index (χ1) is 16.2. The standard InChI is InChI=1S/C28H46N4O/c1-21(23-9-5-3-6-10-23)25(13-27-15-29-19-31-27)17-33-18-26(14-28-16-30-20-32-28)22(2)24-11-7-4-8-12-24/h15-16,19-26H,3-14,17-18H2,1-2H3,(H,29,31)(H,30,32). The molecule has 4 atom stereocenters. The first kappa shape index (κ1) is 24.5. The van der Waals surface area contributed by atoms with Crippen molar-refractivity contribution >= 4 is 0 Å². The molecule has 2 saturated carbocycles. The summed E-state index contributed by atoms with van der Waals surface area (Å²) in [6, 6.07) is 0. The molecule has 0 radical (unpaired) electrons. The molecule has 0 bridgehead atoms. The van der Waals surface area contributed by atoms with E-state index in [9.17, 15) is 0 Å². The Morgan fingerprint density at radius 2 is 1.15 bits per heavy atom. The fourth-order valence-electron chi connectivity index (χ4n) is 6.61. The maximum Gasteiger partial charge on any atom is 0.0921 e. The molecule has 2 fully saturated rings. The van der Waals surface area contributed by atoms with Crippen LogP contribution in [0, 0.1) is 35.5 Å². The highest BCUT2D eigenvalue weighted by atomic mass is 16.5. The van der Waals surface area contributed by atoms with Gasteiger partial charge < -0.3 is 14.7 Å². The number of nitrogens with one attached hydrogen (secondary N) is 2. The second-order valence-corrected chi connectivity index (χ2v) is 11.1. The summed E-state index contributed by atoms with van der Waals surface area (Å²) in [5, 5.41) is 0. The van der Waals surface area contributed by atoms with Gasteiger partial charge in [-0.3, -0.25) is 0 Å². The lowest BCUT2D eigenvalue weighted by atomic mass is 9.73. The number of ether oxygens (including phenoxy) is 1. The van der Waals surface area contributed by atoms with Crippen LogP contribution in [-0.2, 0) is 17.6 Å². The highest BCUT2D eigenvalue weighted by molar-refractivity contribution is 4.98. The van der Waals surface area contributed by atoms with Crippen molar-refractivity contribution in [1.29, 1.82) is 0 Å². The van der Waals surface area contributed by atoms with Gasteiger partial charge in [0.2, 0.25) is 0 Å². The fraction of sp³-hybridized carbons (Fsp3) is 0.786. The van der Waals surface area contributed by atoms with Crippen LogP contribution in [0.4, 0.5) is 0 Å². The number of aromatic amines is 2. The number of hydrogen-bond donors (Lipinski definition) is 2. The Morgan fingerprint density at radius 3 is 1.52 bits per heavy atom. The molecule has 0 saturated heterocycles. The first-order valence-electron chi connectivity index (χ1n) is 13.7. The number of imidazole rings is 2. The van der Waals surface area contributed by atoms with E-state index in [0.717, 1.165) is 37.9 Å². The van der Waals surface area contributed by atoms with E-state index in [0.29, 0.717) is 23.7 Å². The smallest absolute Gasteiger partial charge is 0.0921 e. The molecule has 0 spiro atoms. The molecule has 2 aromatic rings. The molecular weight excluding hydrogens is 408 g/mol. The van der Waals surface area contributed by atoms with Crippen LogP contribution in [0.5, 0.6) is 0 Å². The SMILES string of the molecule is CC(C1CCCCC1)C(COCC(Cc1cnc[nH]1)C(C)C1CCCCC1)Cc1cnc[nH]1. The zero-order valence-electron chi connectivity index (χ0n) is 21.0. The Bertz CT molecular complexity index is 683. The average Bonchev–Trinajstić information content (AvgIpc) is 3.57. The van der Waals surface area contributed by atoms with Gasteiger partial charge in [-0.2, -0.15) is 0 Å². The Morgan fingerprint density at radius 1 is 0.727 bits per heavy atom. The summed E-state index contributed by atoms with van der Waals surface area (Å²) < 4.78 is 6.61. The molecule has 2 heterocycles. The summed E-state index contributed by atoms with van der Waals surface area (Å²) in [5.74, 6) is 4.16. The minimum atomic E-state index is 0.548. The van der Waals surface area contributed by atoms with Crippen molar-refractivity contribution in [2.45, 2.75) is 90.9 Å². The third kappa shape index (κ3) is 7.18. The highest BCUT2D eigenvalue weighted by Crippen LogP contribution is 2.37. The molecular formula is C28H46N4O. The summed E-state index contributed by atoms with van der Waals surface area (Å²) in [6.07, 6.45) is 23.7. The van der Waals surface area contributed by atoms with E-state index in [4.69, 9.17) is 4.74 Å². The molecule has 184 valence electrons.